The molecule has 5 atom stereocenters. The van der Waals surface area contributed by atoms with Crippen LogP contribution in [-0.4, -0.2) is 99.5 Å². The molecule has 174 valence electrons. The monoisotopic (exact) mass is 441 g/mol. The zero-order valence-electron chi connectivity index (χ0n) is 17.7. The number of aliphatic hydroxyl groups is 2. The normalized spacial score (nSPS) is 23.7. The third-order valence-electron chi connectivity index (χ3n) is 5.61. The molecule has 0 aromatic rings. The maximum absolute atomic E-state index is 13.1. The van der Waals surface area contributed by atoms with Crippen molar-refractivity contribution >= 4 is 29.5 Å². The summed E-state index contributed by atoms with van der Waals surface area (Å²) in [6.45, 7) is 2.41. The number of nitrogens with zero attached hydrogens (tertiary/aromatic N) is 2. The number of carbonyl (C=O) groups excluding carboxylic acids is 5. The third-order valence-corrected chi connectivity index (χ3v) is 5.61. The van der Waals surface area contributed by atoms with E-state index in [1.54, 1.807) is 0 Å². The van der Waals surface area contributed by atoms with Crippen LogP contribution < -0.4 is 16.4 Å². The number of amides is 5. The average Bonchev–Trinajstić information content (AvgIpc) is 3.38. The predicted octanol–water partition coefficient (Wildman–Crippen LogP) is -3.18. The maximum atomic E-state index is 13.1. The standard InChI is InChI=1S/C19H31N5O7/c1-10(26)15(22-17(29)12(9-25)21-11(2)27)19(31)24-8-4-6-14(24)18(30)23-7-3-5-13(23)16(20)28/h10,12-15,25-26H,3-9H2,1-2H3,(H2,20,28)(H,21,27)(H,22,29)/t10-,12+,13+,14-,15+/m1/s1. The Morgan fingerprint density at radius 2 is 1.61 bits per heavy atom. The van der Waals surface area contributed by atoms with Gasteiger partial charge in [-0.25, -0.2) is 0 Å². The molecule has 31 heavy (non-hydrogen) atoms. The molecular formula is C19H31N5O7. The smallest absolute Gasteiger partial charge is 0.248 e. The van der Waals surface area contributed by atoms with E-state index in [0.29, 0.717) is 32.2 Å². The Morgan fingerprint density at radius 3 is 2.13 bits per heavy atom. The third kappa shape index (κ3) is 5.70. The fraction of sp³-hybridized carbons (Fsp3) is 0.737. The van der Waals surface area contributed by atoms with E-state index < -0.39 is 60.5 Å². The van der Waals surface area contributed by atoms with E-state index in [4.69, 9.17) is 5.73 Å². The molecule has 0 aliphatic carbocycles. The first-order valence-electron chi connectivity index (χ1n) is 10.3. The van der Waals surface area contributed by atoms with Crippen LogP contribution in [0.4, 0.5) is 0 Å². The van der Waals surface area contributed by atoms with Crippen molar-refractivity contribution in [2.24, 2.45) is 5.73 Å². The molecule has 5 amide bonds. The molecule has 6 N–H and O–H groups in total. The highest BCUT2D eigenvalue weighted by Gasteiger charge is 2.44. The van der Waals surface area contributed by atoms with Crippen molar-refractivity contribution in [3.05, 3.63) is 0 Å². The first-order valence-corrected chi connectivity index (χ1v) is 10.3. The maximum Gasteiger partial charge on any atom is 0.248 e. The van der Waals surface area contributed by atoms with Gasteiger partial charge in [0.25, 0.3) is 0 Å². The van der Waals surface area contributed by atoms with Gasteiger partial charge in [-0.2, -0.15) is 0 Å². The number of nitrogens with one attached hydrogen (secondary N) is 2. The second-order valence-electron chi connectivity index (χ2n) is 7.94. The number of primary amides is 1. The summed E-state index contributed by atoms with van der Waals surface area (Å²) in [4.78, 5) is 64.1. The SMILES string of the molecule is CC(=O)N[C@@H](CO)C(=O)N[C@H](C(=O)N1CCC[C@@H]1C(=O)N1CCC[C@H]1C(N)=O)[C@@H](C)O. The highest BCUT2D eigenvalue weighted by atomic mass is 16.3. The fourth-order valence-corrected chi connectivity index (χ4v) is 4.07. The van der Waals surface area contributed by atoms with Crippen LogP contribution >= 0.6 is 0 Å². The summed E-state index contributed by atoms with van der Waals surface area (Å²) in [5, 5.41) is 24.0. The number of carbonyl (C=O) groups is 5. The summed E-state index contributed by atoms with van der Waals surface area (Å²) >= 11 is 0. The molecule has 0 aromatic carbocycles. The molecule has 2 rings (SSSR count). The first kappa shape index (κ1) is 24.5. The van der Waals surface area contributed by atoms with Gasteiger partial charge in [-0.3, -0.25) is 24.0 Å². The van der Waals surface area contributed by atoms with E-state index in [-0.39, 0.29) is 12.5 Å². The molecule has 2 aliphatic heterocycles. The predicted molar refractivity (Wildman–Crippen MR) is 107 cm³/mol. The van der Waals surface area contributed by atoms with E-state index in [2.05, 4.69) is 10.6 Å². The number of aliphatic hydroxyl groups excluding tert-OH is 2. The molecule has 0 spiro atoms. The Kier molecular flexibility index (Phi) is 8.34. The lowest BCUT2D eigenvalue weighted by Crippen LogP contribution is -2.60. The van der Waals surface area contributed by atoms with Gasteiger partial charge in [0.2, 0.25) is 29.5 Å². The zero-order valence-corrected chi connectivity index (χ0v) is 17.7. The molecule has 0 radical (unpaired) electrons. The van der Waals surface area contributed by atoms with Crippen LogP contribution in [0, 0.1) is 0 Å². The summed E-state index contributed by atoms with van der Waals surface area (Å²) in [5.41, 5.74) is 5.39. The Morgan fingerprint density at radius 1 is 1.03 bits per heavy atom. The highest BCUT2D eigenvalue weighted by Crippen LogP contribution is 2.25. The fourth-order valence-electron chi connectivity index (χ4n) is 4.07. The van der Waals surface area contributed by atoms with E-state index in [1.807, 2.05) is 0 Å². The molecule has 2 heterocycles. The molecule has 2 saturated heterocycles. The molecule has 12 heteroatoms. The lowest BCUT2D eigenvalue weighted by atomic mass is 10.1. The van der Waals surface area contributed by atoms with Crippen molar-refractivity contribution in [2.45, 2.75) is 69.8 Å². The number of rotatable bonds is 8. The van der Waals surface area contributed by atoms with Gasteiger partial charge >= 0.3 is 0 Å². The van der Waals surface area contributed by atoms with Crippen LogP contribution in [0.15, 0.2) is 0 Å². The van der Waals surface area contributed by atoms with Crippen molar-refractivity contribution in [3.63, 3.8) is 0 Å². The second-order valence-corrected chi connectivity index (χ2v) is 7.94. The molecule has 0 aromatic heterocycles. The van der Waals surface area contributed by atoms with Gasteiger partial charge in [-0.1, -0.05) is 0 Å². The quantitative estimate of drug-likeness (QED) is 0.263. The van der Waals surface area contributed by atoms with Crippen molar-refractivity contribution in [3.8, 4) is 0 Å². The topological polar surface area (TPSA) is 182 Å². The molecule has 12 nitrogen and oxygen atoms in total. The van der Waals surface area contributed by atoms with Crippen LogP contribution in [-0.2, 0) is 24.0 Å². The Labute approximate surface area is 180 Å². The molecule has 0 unspecified atom stereocenters. The molecule has 2 aliphatic rings. The van der Waals surface area contributed by atoms with E-state index in [9.17, 15) is 34.2 Å². The summed E-state index contributed by atoms with van der Waals surface area (Å²) in [7, 11) is 0. The lowest BCUT2D eigenvalue weighted by Gasteiger charge is -2.33. The number of likely N-dealkylation sites (tertiary alicyclic amines) is 2. The van der Waals surface area contributed by atoms with Crippen molar-refractivity contribution in [1.82, 2.24) is 20.4 Å². The minimum absolute atomic E-state index is 0.249. The molecule has 0 saturated carbocycles. The molecule has 0 bridgehead atoms. The van der Waals surface area contributed by atoms with Crippen molar-refractivity contribution in [2.75, 3.05) is 19.7 Å². The van der Waals surface area contributed by atoms with Crippen LogP contribution in [0.1, 0.15) is 39.5 Å². The van der Waals surface area contributed by atoms with Crippen LogP contribution in [0.3, 0.4) is 0 Å². The van der Waals surface area contributed by atoms with E-state index in [1.165, 1.54) is 23.6 Å². The van der Waals surface area contributed by atoms with E-state index in [0.717, 1.165) is 0 Å². The summed E-state index contributed by atoms with van der Waals surface area (Å²) in [6.07, 6.45) is 0.744. The van der Waals surface area contributed by atoms with Crippen LogP contribution in [0.25, 0.3) is 0 Å². The highest BCUT2D eigenvalue weighted by molar-refractivity contribution is 5.96. The number of hydrogen-bond acceptors (Lipinski definition) is 7. The van der Waals surface area contributed by atoms with Crippen molar-refractivity contribution in [1.29, 1.82) is 0 Å². The average molecular weight is 441 g/mol. The largest absolute Gasteiger partial charge is 0.394 e. The lowest BCUT2D eigenvalue weighted by molar-refractivity contribution is -0.149. The van der Waals surface area contributed by atoms with Gasteiger partial charge in [0.05, 0.1) is 12.7 Å². The van der Waals surface area contributed by atoms with Gasteiger partial charge in [0.15, 0.2) is 0 Å². The van der Waals surface area contributed by atoms with Gasteiger partial charge < -0.3 is 36.4 Å². The zero-order chi connectivity index (χ0) is 23.3. The Balaban J connectivity index is 2.15. The first-order chi connectivity index (χ1) is 14.6. The summed E-state index contributed by atoms with van der Waals surface area (Å²) in [5.74, 6) is -3.02. The summed E-state index contributed by atoms with van der Waals surface area (Å²) in [6, 6.07) is -4.20. The minimum Gasteiger partial charge on any atom is -0.394 e. The Bertz CT molecular complexity index is 728. The van der Waals surface area contributed by atoms with Crippen LogP contribution in [0.5, 0.6) is 0 Å². The summed E-state index contributed by atoms with van der Waals surface area (Å²) < 4.78 is 0. The van der Waals surface area contributed by atoms with Gasteiger partial charge in [-0.15, -0.1) is 0 Å². The van der Waals surface area contributed by atoms with Crippen LogP contribution in [0.2, 0.25) is 0 Å². The second kappa shape index (κ2) is 10.5. The number of hydrogen-bond donors (Lipinski definition) is 5. The Hall–Kier alpha value is -2.73. The molecule has 2 fully saturated rings. The van der Waals surface area contributed by atoms with E-state index >= 15 is 0 Å². The van der Waals surface area contributed by atoms with Gasteiger partial charge in [-0.05, 0) is 32.6 Å². The molecular weight excluding hydrogens is 410 g/mol. The number of nitrogens with two attached hydrogens (primary N) is 1. The van der Waals surface area contributed by atoms with Crippen molar-refractivity contribution < 1.29 is 34.2 Å². The van der Waals surface area contributed by atoms with Gasteiger partial charge in [0, 0.05) is 20.0 Å². The van der Waals surface area contributed by atoms with Gasteiger partial charge in [0.1, 0.15) is 24.2 Å². The minimum atomic E-state index is -1.38.